The Labute approximate surface area is 215 Å². The third-order valence-electron chi connectivity index (χ3n) is 8.28. The minimum absolute atomic E-state index is 0.0129. The zero-order valence-corrected chi connectivity index (χ0v) is 22.1. The van der Waals surface area contributed by atoms with Gasteiger partial charge < -0.3 is 19.7 Å². The molecule has 2 fully saturated rings. The maximum absolute atomic E-state index is 13.8. The molecule has 2 unspecified atom stereocenters. The summed E-state index contributed by atoms with van der Waals surface area (Å²) in [5, 5.41) is 0. The molecule has 5 rings (SSSR count). The van der Waals surface area contributed by atoms with E-state index < -0.39 is 0 Å². The zero-order valence-electron chi connectivity index (χ0n) is 22.1. The minimum Gasteiger partial charge on any atom is -0.371 e. The number of hydrogen-bond donors (Lipinski definition) is 1. The number of hydrogen-bond acceptors (Lipinski definition) is 4. The summed E-state index contributed by atoms with van der Waals surface area (Å²) in [6, 6.07) is 6.50. The molecule has 36 heavy (non-hydrogen) atoms. The number of allylic oxidation sites excluding steroid dienone is 5. The minimum atomic E-state index is -0.304. The Morgan fingerprint density at radius 1 is 1.08 bits per heavy atom. The van der Waals surface area contributed by atoms with E-state index in [-0.39, 0.29) is 17.7 Å². The molecule has 2 saturated heterocycles. The van der Waals surface area contributed by atoms with Crippen molar-refractivity contribution < 1.29 is 4.79 Å². The van der Waals surface area contributed by atoms with Crippen LogP contribution in [-0.4, -0.2) is 64.9 Å². The van der Waals surface area contributed by atoms with E-state index in [1.165, 1.54) is 18.5 Å². The van der Waals surface area contributed by atoms with Gasteiger partial charge in [0.25, 0.3) is 0 Å². The monoisotopic (exact) mass is 487 g/mol. The molecule has 2 aromatic rings. The summed E-state index contributed by atoms with van der Waals surface area (Å²) >= 11 is 0. The van der Waals surface area contributed by atoms with Gasteiger partial charge in [0.2, 0.25) is 5.91 Å². The van der Waals surface area contributed by atoms with Gasteiger partial charge in [0, 0.05) is 36.9 Å². The first kappa shape index (κ1) is 24.8. The van der Waals surface area contributed by atoms with Gasteiger partial charge in [-0.15, -0.1) is 0 Å². The van der Waals surface area contributed by atoms with Gasteiger partial charge in [-0.05, 0) is 75.5 Å². The third-order valence-corrected chi connectivity index (χ3v) is 8.28. The molecule has 6 heteroatoms. The number of fused-ring (bicyclic) bond motifs is 2. The largest absolute Gasteiger partial charge is 0.371 e. The average Bonchev–Trinajstić information content (AvgIpc) is 3.31. The number of carbonyl (C=O) groups excluding carboxylic acids is 1. The quantitative estimate of drug-likeness (QED) is 0.477. The zero-order chi connectivity index (χ0) is 25.1. The molecule has 1 amide bonds. The topological polar surface area (TPSA) is 55.5 Å². The average molecular weight is 488 g/mol. The van der Waals surface area contributed by atoms with Crippen molar-refractivity contribution in [2.75, 3.05) is 44.2 Å². The second kappa shape index (κ2) is 11.0. The van der Waals surface area contributed by atoms with E-state index in [2.05, 4.69) is 84.1 Å². The Balaban J connectivity index is 1.36. The summed E-state index contributed by atoms with van der Waals surface area (Å²) in [5.74, 6) is 1.47. The Morgan fingerprint density at radius 2 is 1.89 bits per heavy atom. The van der Waals surface area contributed by atoms with Gasteiger partial charge in [-0.1, -0.05) is 45.1 Å². The molecule has 1 N–H and O–H groups in total. The molecule has 0 radical (unpaired) electrons. The molecule has 3 aliphatic rings. The summed E-state index contributed by atoms with van der Waals surface area (Å²) in [7, 11) is 0. The maximum atomic E-state index is 13.8. The molecule has 1 aliphatic carbocycles. The summed E-state index contributed by atoms with van der Waals surface area (Å²) in [6.45, 7) is 13.0. The number of aromatic amines is 1. The Kier molecular flexibility index (Phi) is 7.61. The van der Waals surface area contributed by atoms with Crippen LogP contribution in [0.4, 0.5) is 5.69 Å². The maximum Gasteiger partial charge on any atom is 0.238 e. The Morgan fingerprint density at radius 3 is 2.67 bits per heavy atom. The first-order valence-corrected chi connectivity index (χ1v) is 13.9. The van der Waals surface area contributed by atoms with Gasteiger partial charge in [-0.3, -0.25) is 4.79 Å². The predicted molar refractivity (Wildman–Crippen MR) is 148 cm³/mol. The highest BCUT2D eigenvalue weighted by Crippen LogP contribution is 2.42. The number of unbranched alkanes of at least 4 members (excludes halogenated alkanes) is 1. The number of nitrogens with zero attached hydrogens (tertiary/aromatic N) is 4. The van der Waals surface area contributed by atoms with E-state index in [1.54, 1.807) is 0 Å². The van der Waals surface area contributed by atoms with Crippen molar-refractivity contribution in [2.45, 2.75) is 52.4 Å². The lowest BCUT2D eigenvalue weighted by atomic mass is 9.92. The number of H-pyrrole nitrogens is 1. The van der Waals surface area contributed by atoms with Crippen LogP contribution in [-0.2, 0) is 4.79 Å². The predicted octanol–water partition coefficient (Wildman–Crippen LogP) is 5.47. The molecule has 2 aliphatic heterocycles. The lowest BCUT2D eigenvalue weighted by Gasteiger charge is -2.32. The fourth-order valence-electron chi connectivity index (χ4n) is 5.91. The lowest BCUT2D eigenvalue weighted by Crippen LogP contribution is -2.32. The molecular formula is C30H41N5O. The number of carbonyl (C=O) groups is 1. The van der Waals surface area contributed by atoms with Crippen LogP contribution < -0.4 is 4.90 Å². The van der Waals surface area contributed by atoms with Gasteiger partial charge in [0.15, 0.2) is 0 Å². The van der Waals surface area contributed by atoms with Crippen LogP contribution in [0.3, 0.4) is 0 Å². The molecule has 1 aromatic carbocycles. The number of likely N-dealkylation sites (tertiary alicyclic amines) is 1. The second-order valence-electron chi connectivity index (χ2n) is 10.6. The Hall–Kier alpha value is -2.86. The molecule has 1 aromatic heterocycles. The van der Waals surface area contributed by atoms with E-state index in [1.807, 2.05) is 4.90 Å². The van der Waals surface area contributed by atoms with Gasteiger partial charge in [-0.25, -0.2) is 4.98 Å². The summed E-state index contributed by atoms with van der Waals surface area (Å²) in [4.78, 5) is 29.2. The van der Waals surface area contributed by atoms with Crippen molar-refractivity contribution in [3.8, 4) is 0 Å². The molecule has 0 bridgehead atoms. The van der Waals surface area contributed by atoms with Gasteiger partial charge >= 0.3 is 0 Å². The number of piperidine rings is 1. The van der Waals surface area contributed by atoms with Crippen LogP contribution in [0.1, 0.15) is 58.2 Å². The number of nitrogens with one attached hydrogen (secondary N) is 1. The first-order valence-electron chi connectivity index (χ1n) is 13.9. The van der Waals surface area contributed by atoms with Crippen molar-refractivity contribution in [1.29, 1.82) is 0 Å². The standard InChI is InChI=1S/C30H41N5O/c1-4-33(5-2)17-9-10-18-35-27-12-8-6-7-11-24(27)28(30(35)36)29-31-25-14-13-23(21-26(25)32-29)34-19-15-22(3)16-20-34/h6-8,11-14,21-22,24,28H,4-5,9-10,15-20H2,1-3H3,(H,31,32). The Bertz CT molecular complexity index is 1150. The highest BCUT2D eigenvalue weighted by Gasteiger charge is 2.45. The molecule has 6 nitrogen and oxygen atoms in total. The SMILES string of the molecule is CCN(CC)CCCCN1C(=O)C(c2nc3ccc(N4CCC(C)CC4)cc3[nH]2)C2C=CC=CC=C21. The van der Waals surface area contributed by atoms with E-state index in [0.717, 1.165) is 80.6 Å². The first-order chi connectivity index (χ1) is 17.6. The summed E-state index contributed by atoms with van der Waals surface area (Å²) in [6.07, 6.45) is 15.0. The number of benzene rings is 1. The smallest absolute Gasteiger partial charge is 0.238 e. The van der Waals surface area contributed by atoms with Crippen molar-refractivity contribution >= 4 is 22.6 Å². The van der Waals surface area contributed by atoms with E-state index in [9.17, 15) is 4.79 Å². The summed E-state index contributed by atoms with van der Waals surface area (Å²) < 4.78 is 0. The highest BCUT2D eigenvalue weighted by atomic mass is 16.2. The summed E-state index contributed by atoms with van der Waals surface area (Å²) in [5.41, 5.74) is 4.30. The van der Waals surface area contributed by atoms with Crippen LogP contribution >= 0.6 is 0 Å². The fourth-order valence-corrected chi connectivity index (χ4v) is 5.91. The van der Waals surface area contributed by atoms with Gasteiger partial charge in [-0.2, -0.15) is 0 Å². The number of aromatic nitrogens is 2. The van der Waals surface area contributed by atoms with Crippen LogP contribution in [0.15, 0.2) is 54.3 Å². The highest BCUT2D eigenvalue weighted by molar-refractivity contribution is 5.90. The molecule has 0 spiro atoms. The molecule has 192 valence electrons. The fraction of sp³-hybridized carbons (Fsp3) is 0.533. The normalized spacial score (nSPS) is 22.6. The molecule has 0 saturated carbocycles. The van der Waals surface area contributed by atoms with Crippen LogP contribution in [0.5, 0.6) is 0 Å². The van der Waals surface area contributed by atoms with Crippen molar-refractivity contribution in [1.82, 2.24) is 19.8 Å². The van der Waals surface area contributed by atoms with E-state index >= 15 is 0 Å². The number of amides is 1. The number of anilines is 1. The number of imidazole rings is 1. The second-order valence-corrected chi connectivity index (χ2v) is 10.6. The van der Waals surface area contributed by atoms with Crippen LogP contribution in [0, 0.1) is 11.8 Å². The van der Waals surface area contributed by atoms with Crippen molar-refractivity contribution in [3.63, 3.8) is 0 Å². The van der Waals surface area contributed by atoms with Crippen molar-refractivity contribution in [3.05, 3.63) is 60.1 Å². The molecule has 2 atom stereocenters. The van der Waals surface area contributed by atoms with Gasteiger partial charge in [0.1, 0.15) is 11.7 Å². The number of rotatable bonds is 9. The van der Waals surface area contributed by atoms with Crippen LogP contribution in [0.2, 0.25) is 0 Å². The molecular weight excluding hydrogens is 446 g/mol. The van der Waals surface area contributed by atoms with Crippen molar-refractivity contribution in [2.24, 2.45) is 11.8 Å². The third kappa shape index (κ3) is 5.01. The van der Waals surface area contributed by atoms with E-state index in [4.69, 9.17) is 4.98 Å². The van der Waals surface area contributed by atoms with Crippen LogP contribution in [0.25, 0.3) is 11.0 Å². The van der Waals surface area contributed by atoms with Gasteiger partial charge in [0.05, 0.1) is 11.0 Å². The molecule has 3 heterocycles. The lowest BCUT2D eigenvalue weighted by molar-refractivity contribution is -0.128. The van der Waals surface area contributed by atoms with E-state index in [0.29, 0.717) is 0 Å².